The molecule has 0 spiro atoms. The number of para-hydroxylation sites is 3. The Kier molecular flexibility index (Phi) is 7.54. The molecule has 0 saturated heterocycles. The van der Waals surface area contributed by atoms with Crippen molar-refractivity contribution in [3.63, 3.8) is 0 Å². The van der Waals surface area contributed by atoms with Crippen LogP contribution in [-0.4, -0.2) is 11.7 Å². The molecule has 4 heterocycles. The molecule has 14 rings (SSSR count). The number of hydrogen-bond donors (Lipinski definition) is 1. The van der Waals surface area contributed by atoms with E-state index in [1.165, 1.54) is 38.6 Å². The minimum absolute atomic E-state index is 0.0910. The Morgan fingerprint density at radius 1 is 0.438 bits per heavy atom. The highest BCUT2D eigenvalue weighted by Gasteiger charge is 2.30. The summed E-state index contributed by atoms with van der Waals surface area (Å²) in [5.41, 5.74) is 14.3. The summed E-state index contributed by atoms with van der Waals surface area (Å²) in [6, 6.07) is 64.3. The van der Waals surface area contributed by atoms with E-state index in [-0.39, 0.29) is 5.92 Å². The fraction of sp³-hybridized carbons (Fsp3) is 0.0690. The van der Waals surface area contributed by atoms with E-state index in [1.54, 1.807) is 0 Å². The highest BCUT2D eigenvalue weighted by Crippen LogP contribution is 2.45. The first-order valence-corrected chi connectivity index (χ1v) is 22.0. The number of fused-ring (bicyclic) bond motifs is 13. The van der Waals surface area contributed by atoms with Gasteiger partial charge in [0.1, 0.15) is 45.5 Å². The first kappa shape index (κ1) is 35.4. The highest BCUT2D eigenvalue weighted by molar-refractivity contribution is 6.25. The normalized spacial score (nSPS) is 16.3. The standard InChI is InChI=1S/C58H37N3O3/c1-2-14-34-30-45-35(29-33(34)13-1)27-28-37(38-15-3-4-16-39(38)45)36-31-46(55-42-19-7-10-24-49(42)64-52(55)32-36)58-60-56(43-20-11-25-50-53(43)40-17-5-8-22-47(40)62-50)59-57(61-58)44-21-12-26-51-54(44)41-18-6-9-23-48(41)63-51/h1-26,29-32,37,56H,27-28H2,(H,59,60,61). The maximum atomic E-state index is 6.82. The van der Waals surface area contributed by atoms with Gasteiger partial charge < -0.3 is 18.6 Å². The zero-order valence-electron chi connectivity index (χ0n) is 34.5. The van der Waals surface area contributed by atoms with Gasteiger partial charge in [-0.05, 0) is 100.0 Å². The number of hydrogen-bond acceptors (Lipinski definition) is 6. The van der Waals surface area contributed by atoms with Crippen molar-refractivity contribution < 1.29 is 13.3 Å². The number of rotatable bonds is 4. The van der Waals surface area contributed by atoms with Crippen molar-refractivity contribution in [1.29, 1.82) is 0 Å². The zero-order chi connectivity index (χ0) is 41.9. The molecule has 64 heavy (non-hydrogen) atoms. The SMILES string of the molecule is c1ccc2c(c1)-c1cc3ccccc3cc1CCC2c1cc(C2=NC(c3cccc4oc5ccccc5c34)=NC(c3cccc4oc5ccccc5c34)N2)c2c(c1)oc1ccccc12. The number of nitrogens with one attached hydrogen (secondary N) is 1. The van der Waals surface area contributed by atoms with Crippen LogP contribution in [0.3, 0.4) is 0 Å². The van der Waals surface area contributed by atoms with E-state index in [4.69, 9.17) is 23.2 Å². The van der Waals surface area contributed by atoms with Gasteiger partial charge in [-0.3, -0.25) is 0 Å². The Morgan fingerprint density at radius 3 is 1.77 bits per heavy atom. The van der Waals surface area contributed by atoms with E-state index >= 15 is 0 Å². The third kappa shape index (κ3) is 5.32. The molecule has 2 aliphatic rings. The van der Waals surface area contributed by atoms with E-state index < -0.39 is 6.17 Å². The minimum Gasteiger partial charge on any atom is -0.456 e. The van der Waals surface area contributed by atoms with Crippen LogP contribution in [-0.2, 0) is 6.42 Å². The van der Waals surface area contributed by atoms with Crippen molar-refractivity contribution in [2.75, 3.05) is 0 Å². The first-order chi connectivity index (χ1) is 31.7. The zero-order valence-corrected chi connectivity index (χ0v) is 34.5. The number of aliphatic imine (C=N–C) groups is 2. The van der Waals surface area contributed by atoms with E-state index in [2.05, 4.69) is 139 Å². The molecule has 6 heteroatoms. The van der Waals surface area contributed by atoms with Gasteiger partial charge in [-0.25, -0.2) is 9.98 Å². The second kappa shape index (κ2) is 13.6. The monoisotopic (exact) mass is 823 g/mol. The molecule has 0 saturated carbocycles. The molecule has 12 aromatic rings. The summed E-state index contributed by atoms with van der Waals surface area (Å²) in [7, 11) is 0. The molecule has 0 amide bonds. The van der Waals surface area contributed by atoms with Crippen LogP contribution in [0.2, 0.25) is 0 Å². The Hall–Kier alpha value is -8.22. The van der Waals surface area contributed by atoms with Gasteiger partial charge in [0.25, 0.3) is 0 Å². The van der Waals surface area contributed by atoms with Crippen LogP contribution in [0.4, 0.5) is 0 Å². The average Bonchev–Trinajstić information content (AvgIpc) is 4.02. The molecule has 302 valence electrons. The second-order valence-electron chi connectivity index (χ2n) is 17.1. The largest absolute Gasteiger partial charge is 0.456 e. The van der Waals surface area contributed by atoms with Gasteiger partial charge in [0.2, 0.25) is 0 Å². The van der Waals surface area contributed by atoms with Crippen molar-refractivity contribution in [3.05, 3.63) is 215 Å². The molecule has 2 unspecified atom stereocenters. The maximum absolute atomic E-state index is 6.82. The van der Waals surface area contributed by atoms with E-state index in [1.807, 2.05) is 48.5 Å². The summed E-state index contributed by atoms with van der Waals surface area (Å²) in [6.45, 7) is 0. The second-order valence-corrected chi connectivity index (χ2v) is 17.1. The average molecular weight is 824 g/mol. The van der Waals surface area contributed by atoms with Gasteiger partial charge in [0, 0.05) is 54.9 Å². The lowest BCUT2D eigenvalue weighted by atomic mass is 9.84. The van der Waals surface area contributed by atoms with Crippen LogP contribution in [0.1, 0.15) is 51.9 Å². The first-order valence-electron chi connectivity index (χ1n) is 22.0. The molecule has 2 atom stereocenters. The Balaban J connectivity index is 1.01. The van der Waals surface area contributed by atoms with E-state index in [9.17, 15) is 0 Å². The Labute approximate surface area is 366 Å². The fourth-order valence-corrected chi connectivity index (χ4v) is 10.7. The highest BCUT2D eigenvalue weighted by atomic mass is 16.3. The van der Waals surface area contributed by atoms with Crippen LogP contribution in [0.15, 0.2) is 205 Å². The lowest BCUT2D eigenvalue weighted by molar-refractivity contribution is 0.661. The fourth-order valence-electron chi connectivity index (χ4n) is 10.7. The van der Waals surface area contributed by atoms with Crippen LogP contribution >= 0.6 is 0 Å². The third-order valence-corrected chi connectivity index (χ3v) is 13.6. The van der Waals surface area contributed by atoms with Crippen LogP contribution < -0.4 is 5.32 Å². The van der Waals surface area contributed by atoms with Crippen LogP contribution in [0.25, 0.3) is 87.7 Å². The van der Waals surface area contributed by atoms with Crippen molar-refractivity contribution >= 4 is 88.3 Å². The molecule has 1 aliphatic heterocycles. The predicted octanol–water partition coefficient (Wildman–Crippen LogP) is 14.8. The summed E-state index contributed by atoms with van der Waals surface area (Å²) in [5, 5.41) is 12.6. The molecule has 1 aliphatic carbocycles. The lowest BCUT2D eigenvalue weighted by Crippen LogP contribution is -2.34. The summed E-state index contributed by atoms with van der Waals surface area (Å²) in [4.78, 5) is 11.1. The summed E-state index contributed by atoms with van der Waals surface area (Å²) in [6.07, 6.45) is 1.37. The molecule has 6 nitrogen and oxygen atoms in total. The summed E-state index contributed by atoms with van der Waals surface area (Å²) >= 11 is 0. The lowest BCUT2D eigenvalue weighted by Gasteiger charge is -2.26. The molecular formula is C58H37N3O3. The van der Waals surface area contributed by atoms with Crippen LogP contribution in [0, 0.1) is 0 Å². The topological polar surface area (TPSA) is 76.2 Å². The molecule has 3 aromatic heterocycles. The third-order valence-electron chi connectivity index (χ3n) is 13.6. The molecule has 0 fully saturated rings. The van der Waals surface area contributed by atoms with E-state index in [0.29, 0.717) is 5.84 Å². The van der Waals surface area contributed by atoms with E-state index in [0.717, 1.165) is 101 Å². The maximum Gasteiger partial charge on any atom is 0.160 e. The van der Waals surface area contributed by atoms with Gasteiger partial charge in [-0.1, -0.05) is 133 Å². The van der Waals surface area contributed by atoms with Gasteiger partial charge >= 0.3 is 0 Å². The molecule has 1 N–H and O–H groups in total. The number of aryl methyl sites for hydroxylation is 1. The molecule has 0 radical (unpaired) electrons. The Bertz CT molecular complexity index is 3980. The quantitative estimate of drug-likeness (QED) is 0.192. The van der Waals surface area contributed by atoms with Crippen LogP contribution in [0.5, 0.6) is 0 Å². The predicted molar refractivity (Wildman–Crippen MR) is 260 cm³/mol. The number of nitrogens with zero attached hydrogens (tertiary/aromatic N) is 2. The van der Waals surface area contributed by atoms with Gasteiger partial charge in [-0.15, -0.1) is 0 Å². The van der Waals surface area contributed by atoms with Crippen molar-refractivity contribution in [2.45, 2.75) is 24.9 Å². The minimum atomic E-state index is -0.514. The molecule has 9 aromatic carbocycles. The summed E-state index contributed by atoms with van der Waals surface area (Å²) < 4.78 is 19.7. The molecule has 0 bridgehead atoms. The smallest absolute Gasteiger partial charge is 0.160 e. The number of furan rings is 3. The van der Waals surface area contributed by atoms with Gasteiger partial charge in [0.15, 0.2) is 5.84 Å². The van der Waals surface area contributed by atoms with Crippen molar-refractivity contribution in [2.24, 2.45) is 9.98 Å². The van der Waals surface area contributed by atoms with Gasteiger partial charge in [-0.2, -0.15) is 0 Å². The van der Waals surface area contributed by atoms with Gasteiger partial charge in [0.05, 0.1) is 0 Å². The number of benzene rings is 9. The van der Waals surface area contributed by atoms with Crippen molar-refractivity contribution in [1.82, 2.24) is 5.32 Å². The molecular weight excluding hydrogens is 787 g/mol. The number of amidine groups is 2. The van der Waals surface area contributed by atoms with Crippen molar-refractivity contribution in [3.8, 4) is 11.1 Å². The summed E-state index contributed by atoms with van der Waals surface area (Å²) in [5.74, 6) is 1.43. The Morgan fingerprint density at radius 2 is 1.00 bits per heavy atom.